The van der Waals surface area contributed by atoms with E-state index in [4.69, 9.17) is 0 Å². The van der Waals surface area contributed by atoms with Gasteiger partial charge in [0.2, 0.25) is 5.91 Å². The van der Waals surface area contributed by atoms with Crippen molar-refractivity contribution in [1.82, 2.24) is 0 Å². The molecule has 0 saturated carbocycles. The van der Waals surface area contributed by atoms with Gasteiger partial charge in [-0.05, 0) is 48.4 Å². The van der Waals surface area contributed by atoms with Crippen LogP contribution >= 0.6 is 11.3 Å². The fourth-order valence-corrected chi connectivity index (χ4v) is 3.16. The minimum absolute atomic E-state index is 0.0779. The summed E-state index contributed by atoms with van der Waals surface area (Å²) in [6.07, 6.45) is 3.65. The van der Waals surface area contributed by atoms with Crippen molar-refractivity contribution in [3.63, 3.8) is 0 Å². The third kappa shape index (κ3) is 3.20. The molecule has 3 nitrogen and oxygen atoms in total. The van der Waals surface area contributed by atoms with E-state index in [-0.39, 0.29) is 5.91 Å². The van der Waals surface area contributed by atoms with Crippen molar-refractivity contribution in [2.24, 2.45) is 0 Å². The van der Waals surface area contributed by atoms with E-state index < -0.39 is 0 Å². The predicted molar refractivity (Wildman–Crippen MR) is 84.5 cm³/mol. The Kier molecular flexibility index (Phi) is 4.02. The van der Waals surface area contributed by atoms with Gasteiger partial charge in [0.1, 0.15) is 0 Å². The Morgan fingerprint density at radius 1 is 1.35 bits per heavy atom. The number of fused-ring (bicyclic) bond motifs is 1. The molecule has 1 amide bonds. The fourth-order valence-electron chi connectivity index (χ4n) is 2.45. The maximum Gasteiger partial charge on any atom is 0.224 e. The average Bonchev–Trinajstić information content (AvgIpc) is 2.98. The topological polar surface area (TPSA) is 41.1 Å². The van der Waals surface area contributed by atoms with Gasteiger partial charge >= 0.3 is 0 Å². The van der Waals surface area contributed by atoms with Crippen LogP contribution in [0.3, 0.4) is 0 Å². The van der Waals surface area contributed by atoms with E-state index in [1.165, 1.54) is 16.9 Å². The van der Waals surface area contributed by atoms with Crippen LogP contribution in [0.25, 0.3) is 0 Å². The van der Waals surface area contributed by atoms with Crippen molar-refractivity contribution < 1.29 is 4.79 Å². The van der Waals surface area contributed by atoms with Crippen LogP contribution in [0.4, 0.5) is 11.4 Å². The van der Waals surface area contributed by atoms with Crippen molar-refractivity contribution in [2.45, 2.75) is 25.7 Å². The van der Waals surface area contributed by atoms with E-state index in [0.29, 0.717) is 6.42 Å². The summed E-state index contributed by atoms with van der Waals surface area (Å²) >= 11 is 1.70. The molecule has 2 N–H and O–H groups in total. The summed E-state index contributed by atoms with van der Waals surface area (Å²) in [6, 6.07) is 10.2. The summed E-state index contributed by atoms with van der Waals surface area (Å²) in [5.74, 6) is 0.0779. The van der Waals surface area contributed by atoms with Crippen LogP contribution in [0.5, 0.6) is 0 Å². The zero-order chi connectivity index (χ0) is 13.8. The zero-order valence-corrected chi connectivity index (χ0v) is 12.1. The maximum absolute atomic E-state index is 11.9. The Balaban J connectivity index is 1.58. The third-order valence-corrected chi connectivity index (χ3v) is 4.45. The van der Waals surface area contributed by atoms with Gasteiger partial charge in [-0.2, -0.15) is 0 Å². The third-order valence-electron chi connectivity index (χ3n) is 3.51. The van der Waals surface area contributed by atoms with Crippen molar-refractivity contribution in [2.75, 3.05) is 17.2 Å². The molecule has 104 valence electrons. The van der Waals surface area contributed by atoms with Gasteiger partial charge in [-0.1, -0.05) is 12.1 Å². The Hall–Kier alpha value is -1.81. The molecule has 0 bridgehead atoms. The minimum atomic E-state index is 0.0779. The molecule has 0 atom stereocenters. The van der Waals surface area contributed by atoms with Gasteiger partial charge in [0, 0.05) is 29.2 Å². The fraction of sp³-hybridized carbons (Fsp3) is 0.312. The second-order valence-corrected chi connectivity index (χ2v) is 6.06. The lowest BCUT2D eigenvalue weighted by Crippen LogP contribution is -2.14. The molecule has 0 radical (unpaired) electrons. The first-order chi connectivity index (χ1) is 9.81. The van der Waals surface area contributed by atoms with Gasteiger partial charge in [-0.15, -0.1) is 11.3 Å². The molecule has 20 heavy (non-hydrogen) atoms. The number of nitrogens with one attached hydrogen (secondary N) is 2. The van der Waals surface area contributed by atoms with Crippen LogP contribution in [-0.2, 0) is 17.6 Å². The van der Waals surface area contributed by atoms with E-state index in [9.17, 15) is 4.79 Å². The molecule has 1 aromatic carbocycles. The quantitative estimate of drug-likeness (QED) is 0.900. The Bertz CT molecular complexity index is 593. The summed E-state index contributed by atoms with van der Waals surface area (Å²) < 4.78 is 0. The first-order valence-corrected chi connectivity index (χ1v) is 7.88. The summed E-state index contributed by atoms with van der Waals surface area (Å²) in [5.41, 5.74) is 3.38. The van der Waals surface area contributed by atoms with Crippen LogP contribution in [0.1, 0.15) is 23.3 Å². The number of amides is 1. The van der Waals surface area contributed by atoms with Gasteiger partial charge < -0.3 is 10.6 Å². The summed E-state index contributed by atoms with van der Waals surface area (Å²) in [4.78, 5) is 13.2. The number of hydrogen-bond donors (Lipinski definition) is 2. The molecule has 2 heterocycles. The Morgan fingerprint density at radius 2 is 2.30 bits per heavy atom. The molecule has 0 aliphatic carbocycles. The molecule has 0 fully saturated rings. The smallest absolute Gasteiger partial charge is 0.224 e. The Morgan fingerprint density at radius 3 is 3.15 bits per heavy atom. The zero-order valence-electron chi connectivity index (χ0n) is 11.3. The molecular weight excluding hydrogens is 268 g/mol. The highest BCUT2D eigenvalue weighted by Gasteiger charge is 2.10. The second-order valence-electron chi connectivity index (χ2n) is 5.03. The van der Waals surface area contributed by atoms with Crippen LogP contribution in [-0.4, -0.2) is 12.5 Å². The first-order valence-electron chi connectivity index (χ1n) is 7.00. The first kappa shape index (κ1) is 13.2. The van der Waals surface area contributed by atoms with Crippen LogP contribution in [0, 0.1) is 0 Å². The molecule has 0 unspecified atom stereocenters. The lowest BCUT2D eigenvalue weighted by atomic mass is 10.0. The molecule has 1 aliphatic heterocycles. The number of hydrogen-bond acceptors (Lipinski definition) is 3. The normalized spacial score (nSPS) is 13.4. The molecule has 0 spiro atoms. The highest BCUT2D eigenvalue weighted by atomic mass is 32.1. The molecule has 4 heteroatoms. The molecule has 1 aliphatic rings. The van der Waals surface area contributed by atoms with Crippen molar-refractivity contribution in [3.05, 3.63) is 46.2 Å². The number of benzene rings is 1. The van der Waals surface area contributed by atoms with E-state index in [1.54, 1.807) is 11.3 Å². The second kappa shape index (κ2) is 6.09. The molecule has 3 rings (SSSR count). The van der Waals surface area contributed by atoms with Crippen molar-refractivity contribution >= 4 is 28.6 Å². The molecule has 1 aromatic heterocycles. The molecular formula is C16H18N2OS. The number of carbonyl (C=O) groups is 1. The highest BCUT2D eigenvalue weighted by Crippen LogP contribution is 2.25. The van der Waals surface area contributed by atoms with Gasteiger partial charge in [0.05, 0.1) is 0 Å². The largest absolute Gasteiger partial charge is 0.385 e. The van der Waals surface area contributed by atoms with E-state index in [2.05, 4.69) is 22.8 Å². The number of anilines is 2. The standard InChI is InChI=1S/C16H18N2OS/c19-16(8-7-14-4-2-10-20-14)18-13-6-5-12-3-1-9-17-15(12)11-13/h2,4-6,10-11,17H,1,3,7-9H2,(H,18,19). The van der Waals surface area contributed by atoms with Gasteiger partial charge in [-0.25, -0.2) is 0 Å². The number of aryl methyl sites for hydroxylation is 2. The summed E-state index contributed by atoms with van der Waals surface area (Å²) in [7, 11) is 0. The van der Waals surface area contributed by atoms with Crippen molar-refractivity contribution in [1.29, 1.82) is 0 Å². The van der Waals surface area contributed by atoms with Crippen LogP contribution < -0.4 is 10.6 Å². The van der Waals surface area contributed by atoms with Gasteiger partial charge in [0.15, 0.2) is 0 Å². The molecule has 0 saturated heterocycles. The average molecular weight is 286 g/mol. The lowest BCUT2D eigenvalue weighted by molar-refractivity contribution is -0.116. The lowest BCUT2D eigenvalue weighted by Gasteiger charge is -2.18. The van der Waals surface area contributed by atoms with Crippen LogP contribution in [0.15, 0.2) is 35.7 Å². The SMILES string of the molecule is O=C(CCc1cccs1)Nc1ccc2c(c1)NCCC2. The number of thiophene rings is 1. The number of rotatable bonds is 4. The summed E-state index contributed by atoms with van der Waals surface area (Å²) in [6.45, 7) is 1.02. The Labute approximate surface area is 123 Å². The van der Waals surface area contributed by atoms with E-state index in [1.807, 2.05) is 23.6 Å². The van der Waals surface area contributed by atoms with Crippen LogP contribution in [0.2, 0.25) is 0 Å². The molecule has 2 aromatic rings. The van der Waals surface area contributed by atoms with E-state index >= 15 is 0 Å². The predicted octanol–water partition coefficient (Wildman–Crippen LogP) is 3.68. The van der Waals surface area contributed by atoms with Crippen molar-refractivity contribution in [3.8, 4) is 0 Å². The minimum Gasteiger partial charge on any atom is -0.385 e. The van der Waals surface area contributed by atoms with Gasteiger partial charge in [0.25, 0.3) is 0 Å². The number of carbonyl (C=O) groups excluding carboxylic acids is 1. The van der Waals surface area contributed by atoms with E-state index in [0.717, 1.165) is 30.8 Å². The maximum atomic E-state index is 11.9. The monoisotopic (exact) mass is 286 g/mol. The van der Waals surface area contributed by atoms with Gasteiger partial charge in [-0.3, -0.25) is 4.79 Å². The highest BCUT2D eigenvalue weighted by molar-refractivity contribution is 7.09. The summed E-state index contributed by atoms with van der Waals surface area (Å²) in [5, 5.41) is 8.41.